The van der Waals surface area contributed by atoms with Crippen LogP contribution in [0.1, 0.15) is 0 Å². The first-order valence-electron chi connectivity index (χ1n) is 10.8. The van der Waals surface area contributed by atoms with Crippen LogP contribution in [-0.4, -0.2) is 39.0 Å². The molecule has 5 aromatic rings. The van der Waals surface area contributed by atoms with E-state index in [1.807, 2.05) is 36.0 Å². The van der Waals surface area contributed by atoms with Crippen LogP contribution in [0.15, 0.2) is 73.3 Å². The van der Waals surface area contributed by atoms with E-state index < -0.39 is 11.6 Å². The number of aryl methyl sites for hydroxylation is 1. The number of methoxy groups -OCH3 is 1. The van der Waals surface area contributed by atoms with Crippen molar-refractivity contribution in [1.29, 1.82) is 0 Å². The zero-order valence-electron chi connectivity index (χ0n) is 19.0. The number of halogens is 2. The van der Waals surface area contributed by atoms with Crippen molar-refractivity contribution in [1.82, 2.24) is 19.3 Å². The van der Waals surface area contributed by atoms with E-state index in [1.165, 1.54) is 19.2 Å². The first-order chi connectivity index (χ1) is 16.9. The normalized spacial score (nSPS) is 11.2. The zero-order chi connectivity index (χ0) is 24.5. The van der Waals surface area contributed by atoms with Crippen LogP contribution >= 0.6 is 0 Å². The number of rotatable bonds is 6. The SMILES string of the molecule is COCC(=O)Nc1cc(-c2ccc(F)cc2F)cc(-n2cnc3cc(-c4cnn(C)c4)ccc32)c1. The van der Waals surface area contributed by atoms with Gasteiger partial charge in [-0.2, -0.15) is 5.10 Å². The van der Waals surface area contributed by atoms with Gasteiger partial charge in [0.1, 0.15) is 24.6 Å². The molecule has 7 nitrogen and oxygen atoms in total. The van der Waals surface area contributed by atoms with Gasteiger partial charge in [-0.05, 0) is 53.6 Å². The minimum Gasteiger partial charge on any atom is -0.375 e. The third-order valence-electron chi connectivity index (χ3n) is 5.58. The van der Waals surface area contributed by atoms with Gasteiger partial charge in [-0.15, -0.1) is 0 Å². The number of benzene rings is 3. The Morgan fingerprint density at radius 3 is 2.63 bits per heavy atom. The number of nitrogens with zero attached hydrogens (tertiary/aromatic N) is 4. The zero-order valence-corrected chi connectivity index (χ0v) is 19.0. The fraction of sp³-hybridized carbons (Fsp3) is 0.115. The van der Waals surface area contributed by atoms with Crippen LogP contribution in [0.2, 0.25) is 0 Å². The van der Waals surface area contributed by atoms with E-state index in [4.69, 9.17) is 4.74 Å². The molecule has 5 rings (SSSR count). The Morgan fingerprint density at radius 2 is 1.89 bits per heavy atom. The number of hydrogen-bond acceptors (Lipinski definition) is 4. The number of amides is 1. The van der Waals surface area contributed by atoms with Crippen molar-refractivity contribution < 1.29 is 18.3 Å². The van der Waals surface area contributed by atoms with Crippen molar-refractivity contribution in [3.05, 3.63) is 85.0 Å². The number of carbonyl (C=O) groups excluding carboxylic acids is 1. The molecule has 0 unspecified atom stereocenters. The van der Waals surface area contributed by atoms with Gasteiger partial charge >= 0.3 is 0 Å². The quantitative estimate of drug-likeness (QED) is 0.379. The molecule has 0 atom stereocenters. The minimum absolute atomic E-state index is 0.129. The van der Waals surface area contributed by atoms with Crippen molar-refractivity contribution in [2.75, 3.05) is 19.0 Å². The Kier molecular flexibility index (Phi) is 5.84. The largest absolute Gasteiger partial charge is 0.375 e. The Hall–Kier alpha value is -4.37. The summed E-state index contributed by atoms with van der Waals surface area (Å²) in [6.45, 7) is -0.129. The predicted molar refractivity (Wildman–Crippen MR) is 129 cm³/mol. The number of ether oxygens (including phenoxy) is 1. The summed E-state index contributed by atoms with van der Waals surface area (Å²) >= 11 is 0. The Balaban J connectivity index is 1.61. The molecule has 1 N–H and O–H groups in total. The van der Waals surface area contributed by atoms with Gasteiger partial charge in [0.15, 0.2) is 0 Å². The van der Waals surface area contributed by atoms with Crippen LogP contribution in [-0.2, 0) is 16.6 Å². The molecule has 0 aliphatic carbocycles. The van der Waals surface area contributed by atoms with Gasteiger partial charge < -0.3 is 10.1 Å². The second kappa shape index (κ2) is 9.11. The molecule has 3 aromatic carbocycles. The summed E-state index contributed by atoms with van der Waals surface area (Å²) in [4.78, 5) is 16.7. The van der Waals surface area contributed by atoms with Gasteiger partial charge in [-0.25, -0.2) is 13.8 Å². The summed E-state index contributed by atoms with van der Waals surface area (Å²) in [5.74, 6) is -1.72. The highest BCUT2D eigenvalue weighted by atomic mass is 19.1. The standard InChI is InChI=1S/C26H21F2N5O2/c1-32-13-18(12-30-32)16-3-6-25-24(9-16)29-15-33(25)21-8-17(22-5-4-19(27)10-23(22)28)7-20(11-21)31-26(34)14-35-2/h3-13,15H,14H2,1-2H3,(H,31,34). The van der Waals surface area contributed by atoms with Gasteiger partial charge in [0.25, 0.3) is 0 Å². The Morgan fingerprint density at radius 1 is 1.03 bits per heavy atom. The summed E-state index contributed by atoms with van der Waals surface area (Å²) in [6, 6.07) is 14.4. The van der Waals surface area contributed by atoms with Crippen LogP contribution in [0, 0.1) is 11.6 Å². The molecule has 176 valence electrons. The van der Waals surface area contributed by atoms with E-state index in [2.05, 4.69) is 15.4 Å². The van der Waals surface area contributed by atoms with Crippen molar-refractivity contribution in [2.24, 2.45) is 7.05 Å². The molecule has 0 aliphatic rings. The first kappa shape index (κ1) is 22.4. The predicted octanol–water partition coefficient (Wildman–Crippen LogP) is 4.96. The van der Waals surface area contributed by atoms with Crippen LogP contribution < -0.4 is 5.32 Å². The molecule has 0 saturated heterocycles. The highest BCUT2D eigenvalue weighted by molar-refractivity contribution is 5.93. The molecule has 0 saturated carbocycles. The molecule has 0 aliphatic heterocycles. The van der Waals surface area contributed by atoms with Crippen molar-refractivity contribution in [3.63, 3.8) is 0 Å². The molecule has 0 radical (unpaired) electrons. The summed E-state index contributed by atoms with van der Waals surface area (Å²) in [5, 5.41) is 6.98. The molecular formula is C26H21F2N5O2. The lowest BCUT2D eigenvalue weighted by atomic mass is 10.0. The van der Waals surface area contributed by atoms with Crippen LogP contribution in [0.4, 0.5) is 14.5 Å². The van der Waals surface area contributed by atoms with Gasteiger partial charge in [0.05, 0.1) is 17.2 Å². The summed E-state index contributed by atoms with van der Waals surface area (Å²) in [6.07, 6.45) is 5.38. The van der Waals surface area contributed by atoms with Gasteiger partial charge in [-0.1, -0.05) is 6.07 Å². The monoisotopic (exact) mass is 473 g/mol. The molecule has 1 amide bonds. The van der Waals surface area contributed by atoms with Crippen molar-refractivity contribution >= 4 is 22.6 Å². The summed E-state index contributed by atoms with van der Waals surface area (Å²) < 4.78 is 36.6. The van der Waals surface area contributed by atoms with E-state index in [0.717, 1.165) is 28.2 Å². The molecular weight excluding hydrogens is 452 g/mol. The first-order valence-corrected chi connectivity index (χ1v) is 10.8. The van der Waals surface area contributed by atoms with Crippen LogP contribution in [0.3, 0.4) is 0 Å². The highest BCUT2D eigenvalue weighted by Gasteiger charge is 2.14. The average molecular weight is 473 g/mol. The lowest BCUT2D eigenvalue weighted by Crippen LogP contribution is -2.17. The third-order valence-corrected chi connectivity index (χ3v) is 5.58. The number of carbonyl (C=O) groups is 1. The molecule has 0 spiro atoms. The maximum Gasteiger partial charge on any atom is 0.250 e. The van der Waals surface area contributed by atoms with Crippen molar-refractivity contribution in [2.45, 2.75) is 0 Å². The molecule has 2 heterocycles. The number of nitrogens with one attached hydrogen (secondary N) is 1. The third kappa shape index (κ3) is 4.53. The molecule has 2 aromatic heterocycles. The van der Waals surface area contributed by atoms with Gasteiger partial charge in [-0.3, -0.25) is 14.0 Å². The number of anilines is 1. The number of hydrogen-bond donors (Lipinski definition) is 1. The lowest BCUT2D eigenvalue weighted by molar-refractivity contribution is -0.119. The van der Waals surface area contributed by atoms with E-state index in [9.17, 15) is 13.6 Å². The van der Waals surface area contributed by atoms with E-state index >= 15 is 0 Å². The molecule has 9 heteroatoms. The maximum absolute atomic E-state index is 14.6. The number of fused-ring (bicyclic) bond motifs is 1. The molecule has 0 fully saturated rings. The van der Waals surface area contributed by atoms with Crippen LogP contribution in [0.5, 0.6) is 0 Å². The van der Waals surface area contributed by atoms with Crippen molar-refractivity contribution in [3.8, 4) is 27.9 Å². The van der Waals surface area contributed by atoms with Gasteiger partial charge in [0, 0.05) is 48.9 Å². The second-order valence-corrected chi connectivity index (χ2v) is 8.09. The lowest BCUT2D eigenvalue weighted by Gasteiger charge is -2.13. The smallest absolute Gasteiger partial charge is 0.250 e. The molecule has 0 bridgehead atoms. The summed E-state index contributed by atoms with van der Waals surface area (Å²) in [5.41, 5.74) is 5.30. The topological polar surface area (TPSA) is 74.0 Å². The fourth-order valence-electron chi connectivity index (χ4n) is 4.00. The fourth-order valence-corrected chi connectivity index (χ4v) is 4.00. The van der Waals surface area contributed by atoms with Gasteiger partial charge in [0.2, 0.25) is 5.91 Å². The van der Waals surface area contributed by atoms with E-state index in [0.29, 0.717) is 16.9 Å². The summed E-state index contributed by atoms with van der Waals surface area (Å²) in [7, 11) is 3.28. The Labute approximate surface area is 199 Å². The minimum atomic E-state index is -0.701. The van der Waals surface area contributed by atoms with Crippen LogP contribution in [0.25, 0.3) is 39.0 Å². The molecule has 35 heavy (non-hydrogen) atoms. The Bertz CT molecular complexity index is 1560. The highest BCUT2D eigenvalue weighted by Crippen LogP contribution is 2.31. The maximum atomic E-state index is 14.6. The number of imidazole rings is 1. The van der Waals surface area contributed by atoms with E-state index in [-0.39, 0.29) is 18.1 Å². The van der Waals surface area contributed by atoms with E-state index in [1.54, 1.807) is 35.4 Å². The average Bonchev–Trinajstić information content (AvgIpc) is 3.44. The number of aromatic nitrogens is 4. The second-order valence-electron chi connectivity index (χ2n) is 8.09.